The molecule has 1 aromatic heterocycles. The van der Waals surface area contributed by atoms with Crippen molar-refractivity contribution in [3.05, 3.63) is 54.1 Å². The van der Waals surface area contributed by atoms with E-state index in [0.717, 1.165) is 18.8 Å². The van der Waals surface area contributed by atoms with Gasteiger partial charge in [0, 0.05) is 19.3 Å². The lowest BCUT2D eigenvalue weighted by molar-refractivity contribution is 0.315. The normalized spacial score (nSPS) is 10.8. The predicted molar refractivity (Wildman–Crippen MR) is 60.2 cm³/mol. The summed E-state index contributed by atoms with van der Waals surface area (Å²) in [7, 11) is 2.10. The number of imidazole rings is 1. The largest absolute Gasteiger partial charge is 0.351 e. The number of rotatable bonds is 4. The number of aromatic nitrogens is 2. The van der Waals surface area contributed by atoms with Gasteiger partial charge in [-0.15, -0.1) is 0 Å². The summed E-state index contributed by atoms with van der Waals surface area (Å²) in [6, 6.07) is 10.5. The molecule has 0 radical (unpaired) electrons. The van der Waals surface area contributed by atoms with Gasteiger partial charge in [0.15, 0.2) is 0 Å². The first kappa shape index (κ1) is 9.93. The van der Waals surface area contributed by atoms with Gasteiger partial charge in [0.05, 0.1) is 12.0 Å². The molecule has 3 nitrogen and oxygen atoms in total. The van der Waals surface area contributed by atoms with Crippen molar-refractivity contribution in [2.75, 3.05) is 7.05 Å². The molecule has 0 aliphatic heterocycles. The van der Waals surface area contributed by atoms with E-state index in [1.165, 1.54) is 5.56 Å². The summed E-state index contributed by atoms with van der Waals surface area (Å²) in [6.45, 7) is 1.83. The quantitative estimate of drug-likeness (QED) is 0.821. The van der Waals surface area contributed by atoms with Crippen LogP contribution in [0.1, 0.15) is 11.3 Å². The maximum absolute atomic E-state index is 4.20. The van der Waals surface area contributed by atoms with Gasteiger partial charge < -0.3 is 4.98 Å². The smallest absolute Gasteiger partial charge is 0.0923 e. The minimum absolute atomic E-state index is 0.873. The third-order valence-electron chi connectivity index (χ3n) is 2.28. The highest BCUT2D eigenvalue weighted by molar-refractivity contribution is 5.14. The van der Waals surface area contributed by atoms with E-state index in [2.05, 4.69) is 46.2 Å². The Morgan fingerprint density at radius 1 is 1.20 bits per heavy atom. The van der Waals surface area contributed by atoms with E-state index in [9.17, 15) is 0 Å². The topological polar surface area (TPSA) is 31.9 Å². The van der Waals surface area contributed by atoms with E-state index in [1.54, 1.807) is 6.33 Å². The van der Waals surface area contributed by atoms with Crippen molar-refractivity contribution >= 4 is 0 Å². The van der Waals surface area contributed by atoms with Gasteiger partial charge in [-0.2, -0.15) is 0 Å². The fourth-order valence-corrected chi connectivity index (χ4v) is 1.60. The maximum atomic E-state index is 4.20. The van der Waals surface area contributed by atoms with Crippen LogP contribution < -0.4 is 0 Å². The standard InChI is InChI=1S/C12H15N3/c1-15(9-12-7-13-10-14-12)8-11-5-3-2-4-6-11/h2-7,10H,8-9H2,1H3,(H,13,14). The fraction of sp³-hybridized carbons (Fsp3) is 0.250. The first-order valence-electron chi connectivity index (χ1n) is 5.05. The lowest BCUT2D eigenvalue weighted by Gasteiger charge is -2.14. The van der Waals surface area contributed by atoms with Crippen molar-refractivity contribution in [1.29, 1.82) is 0 Å². The zero-order chi connectivity index (χ0) is 10.5. The number of benzene rings is 1. The van der Waals surface area contributed by atoms with Crippen molar-refractivity contribution < 1.29 is 0 Å². The molecule has 78 valence electrons. The van der Waals surface area contributed by atoms with Gasteiger partial charge in [-0.3, -0.25) is 4.90 Å². The molecule has 2 rings (SSSR count). The SMILES string of the molecule is CN(Cc1ccccc1)Cc1c[nH]cn1. The first-order chi connectivity index (χ1) is 7.34. The number of hydrogen-bond donors (Lipinski definition) is 1. The zero-order valence-corrected chi connectivity index (χ0v) is 8.85. The lowest BCUT2D eigenvalue weighted by atomic mass is 10.2. The van der Waals surface area contributed by atoms with Crippen LogP contribution in [0.3, 0.4) is 0 Å². The zero-order valence-electron chi connectivity index (χ0n) is 8.85. The minimum Gasteiger partial charge on any atom is -0.351 e. The Balaban J connectivity index is 1.90. The summed E-state index contributed by atoms with van der Waals surface area (Å²) in [5.41, 5.74) is 2.41. The van der Waals surface area contributed by atoms with Gasteiger partial charge in [-0.1, -0.05) is 30.3 Å². The Morgan fingerprint density at radius 3 is 2.67 bits per heavy atom. The highest BCUT2D eigenvalue weighted by atomic mass is 15.1. The molecule has 0 spiro atoms. The average Bonchev–Trinajstić information content (AvgIpc) is 2.71. The minimum atomic E-state index is 0.873. The van der Waals surface area contributed by atoms with Crippen LogP contribution >= 0.6 is 0 Å². The summed E-state index contributed by atoms with van der Waals surface area (Å²) in [6.07, 6.45) is 3.65. The van der Waals surface area contributed by atoms with Crippen LogP contribution in [0, 0.1) is 0 Å². The van der Waals surface area contributed by atoms with Gasteiger partial charge in [0.2, 0.25) is 0 Å². The van der Waals surface area contributed by atoms with E-state index < -0.39 is 0 Å². The van der Waals surface area contributed by atoms with Crippen LogP contribution in [0.5, 0.6) is 0 Å². The van der Waals surface area contributed by atoms with E-state index in [0.29, 0.717) is 0 Å². The molecule has 0 aliphatic rings. The summed E-state index contributed by atoms with van der Waals surface area (Å²) in [4.78, 5) is 9.40. The molecular weight excluding hydrogens is 186 g/mol. The van der Waals surface area contributed by atoms with Crippen molar-refractivity contribution in [2.24, 2.45) is 0 Å². The molecule has 15 heavy (non-hydrogen) atoms. The summed E-state index contributed by atoms with van der Waals surface area (Å²) in [5.74, 6) is 0. The van der Waals surface area contributed by atoms with E-state index >= 15 is 0 Å². The van der Waals surface area contributed by atoms with E-state index in [1.807, 2.05) is 12.3 Å². The molecule has 2 aromatic rings. The van der Waals surface area contributed by atoms with E-state index in [-0.39, 0.29) is 0 Å². The van der Waals surface area contributed by atoms with Gasteiger partial charge in [-0.05, 0) is 12.6 Å². The third kappa shape index (κ3) is 2.92. The highest BCUT2D eigenvalue weighted by Crippen LogP contribution is 2.05. The number of nitrogens with zero attached hydrogens (tertiary/aromatic N) is 2. The van der Waals surface area contributed by atoms with Crippen LogP contribution in [0.4, 0.5) is 0 Å². The molecule has 1 N–H and O–H groups in total. The molecule has 0 fully saturated rings. The number of H-pyrrole nitrogens is 1. The molecule has 0 amide bonds. The second kappa shape index (κ2) is 4.75. The second-order valence-corrected chi connectivity index (χ2v) is 3.72. The Hall–Kier alpha value is -1.61. The molecule has 0 saturated carbocycles. The lowest BCUT2D eigenvalue weighted by Crippen LogP contribution is -2.17. The Morgan fingerprint density at radius 2 is 2.00 bits per heavy atom. The van der Waals surface area contributed by atoms with Crippen LogP contribution in [0.15, 0.2) is 42.9 Å². The number of aromatic amines is 1. The van der Waals surface area contributed by atoms with Crippen molar-refractivity contribution in [3.8, 4) is 0 Å². The Labute approximate surface area is 89.8 Å². The van der Waals surface area contributed by atoms with Gasteiger partial charge >= 0.3 is 0 Å². The van der Waals surface area contributed by atoms with Gasteiger partial charge in [0.25, 0.3) is 0 Å². The Bertz CT molecular complexity index is 381. The molecular formula is C12H15N3. The van der Waals surface area contributed by atoms with Crippen molar-refractivity contribution in [2.45, 2.75) is 13.1 Å². The monoisotopic (exact) mass is 201 g/mol. The van der Waals surface area contributed by atoms with Crippen LogP contribution in [0.2, 0.25) is 0 Å². The predicted octanol–water partition coefficient (Wildman–Crippen LogP) is 2.04. The van der Waals surface area contributed by atoms with Crippen LogP contribution in [0.25, 0.3) is 0 Å². The molecule has 3 heteroatoms. The molecule has 0 saturated heterocycles. The first-order valence-corrected chi connectivity index (χ1v) is 5.05. The summed E-state index contributed by atoms with van der Waals surface area (Å²) >= 11 is 0. The molecule has 1 aromatic carbocycles. The molecule has 0 bridgehead atoms. The van der Waals surface area contributed by atoms with Crippen molar-refractivity contribution in [1.82, 2.24) is 14.9 Å². The van der Waals surface area contributed by atoms with Gasteiger partial charge in [0.1, 0.15) is 0 Å². The van der Waals surface area contributed by atoms with Crippen LogP contribution in [-0.2, 0) is 13.1 Å². The summed E-state index contributed by atoms with van der Waals surface area (Å²) < 4.78 is 0. The molecule has 0 atom stereocenters. The Kier molecular flexibility index (Phi) is 3.15. The van der Waals surface area contributed by atoms with Crippen molar-refractivity contribution in [3.63, 3.8) is 0 Å². The number of hydrogen-bond acceptors (Lipinski definition) is 2. The summed E-state index contributed by atoms with van der Waals surface area (Å²) in [5, 5.41) is 0. The van der Waals surface area contributed by atoms with E-state index in [4.69, 9.17) is 0 Å². The second-order valence-electron chi connectivity index (χ2n) is 3.72. The molecule has 1 heterocycles. The highest BCUT2D eigenvalue weighted by Gasteiger charge is 2.02. The maximum Gasteiger partial charge on any atom is 0.0923 e. The third-order valence-corrected chi connectivity index (χ3v) is 2.28. The average molecular weight is 201 g/mol. The molecule has 0 unspecified atom stereocenters. The van der Waals surface area contributed by atoms with Crippen LogP contribution in [-0.4, -0.2) is 21.9 Å². The molecule has 0 aliphatic carbocycles. The van der Waals surface area contributed by atoms with Gasteiger partial charge in [-0.25, -0.2) is 4.98 Å². The fourth-order valence-electron chi connectivity index (χ4n) is 1.60. The number of nitrogens with one attached hydrogen (secondary N) is 1.